The van der Waals surface area contributed by atoms with Gasteiger partial charge in [-0.2, -0.15) is 0 Å². The van der Waals surface area contributed by atoms with Crippen molar-refractivity contribution in [3.63, 3.8) is 0 Å². The Labute approximate surface area is 101 Å². The van der Waals surface area contributed by atoms with Crippen LogP contribution in [0.4, 0.5) is 0 Å². The monoisotopic (exact) mass is 228 g/mol. The van der Waals surface area contributed by atoms with Gasteiger partial charge in [-0.05, 0) is 38.8 Å². The lowest BCUT2D eigenvalue weighted by molar-refractivity contribution is 0.0877. The Morgan fingerprint density at radius 1 is 1.50 bits per heavy atom. The first-order valence-corrected chi connectivity index (χ1v) is 6.65. The lowest BCUT2D eigenvalue weighted by Crippen LogP contribution is -2.50. The van der Waals surface area contributed by atoms with Crippen molar-refractivity contribution in [2.75, 3.05) is 33.4 Å². The van der Waals surface area contributed by atoms with Crippen LogP contribution in [-0.2, 0) is 4.74 Å². The van der Waals surface area contributed by atoms with E-state index in [1.807, 2.05) is 0 Å². The van der Waals surface area contributed by atoms with Crippen molar-refractivity contribution in [1.82, 2.24) is 10.2 Å². The van der Waals surface area contributed by atoms with Crippen LogP contribution in [0.2, 0.25) is 0 Å². The maximum absolute atomic E-state index is 5.15. The number of likely N-dealkylation sites (tertiary alicyclic amines) is 1. The molecule has 0 radical (unpaired) electrons. The molecule has 0 aromatic rings. The van der Waals surface area contributed by atoms with Crippen molar-refractivity contribution < 1.29 is 4.74 Å². The summed E-state index contributed by atoms with van der Waals surface area (Å²) in [5.41, 5.74) is 0. The third kappa shape index (κ3) is 4.04. The molecule has 16 heavy (non-hydrogen) atoms. The summed E-state index contributed by atoms with van der Waals surface area (Å²) in [6.07, 6.45) is 2.43. The van der Waals surface area contributed by atoms with E-state index in [2.05, 4.69) is 31.0 Å². The van der Waals surface area contributed by atoms with Gasteiger partial charge in [-0.15, -0.1) is 0 Å². The number of hydrogen-bond acceptors (Lipinski definition) is 3. The van der Waals surface area contributed by atoms with Crippen LogP contribution in [0.25, 0.3) is 0 Å². The molecule has 1 rings (SSSR count). The Bertz CT molecular complexity index is 187. The minimum Gasteiger partial charge on any atom is -0.385 e. The first-order valence-electron chi connectivity index (χ1n) is 6.65. The first-order chi connectivity index (χ1) is 7.69. The van der Waals surface area contributed by atoms with E-state index in [9.17, 15) is 0 Å². The number of hydrogen-bond donors (Lipinski definition) is 1. The minimum atomic E-state index is 0.657. The van der Waals surface area contributed by atoms with E-state index < -0.39 is 0 Å². The summed E-state index contributed by atoms with van der Waals surface area (Å²) >= 11 is 0. The van der Waals surface area contributed by atoms with E-state index in [-0.39, 0.29) is 0 Å². The average molecular weight is 228 g/mol. The SMILES string of the molecule is CCNC1CCN(C(C)CCOC)CC1C. The van der Waals surface area contributed by atoms with E-state index in [0.29, 0.717) is 6.04 Å². The van der Waals surface area contributed by atoms with Crippen LogP contribution < -0.4 is 5.32 Å². The summed E-state index contributed by atoms with van der Waals surface area (Å²) in [6, 6.07) is 1.38. The molecule has 0 amide bonds. The molecule has 1 aliphatic heterocycles. The van der Waals surface area contributed by atoms with Gasteiger partial charge in [0.1, 0.15) is 0 Å². The average Bonchev–Trinajstić information content (AvgIpc) is 2.29. The van der Waals surface area contributed by atoms with E-state index >= 15 is 0 Å². The molecule has 3 unspecified atom stereocenters. The quantitative estimate of drug-likeness (QED) is 0.749. The van der Waals surface area contributed by atoms with Gasteiger partial charge < -0.3 is 15.0 Å². The molecule has 1 heterocycles. The topological polar surface area (TPSA) is 24.5 Å². The molecule has 0 aromatic heterocycles. The van der Waals surface area contributed by atoms with Gasteiger partial charge in [0.05, 0.1) is 0 Å². The summed E-state index contributed by atoms with van der Waals surface area (Å²) in [4.78, 5) is 2.61. The van der Waals surface area contributed by atoms with E-state index in [4.69, 9.17) is 4.74 Å². The second kappa shape index (κ2) is 7.25. The molecular weight excluding hydrogens is 200 g/mol. The van der Waals surface area contributed by atoms with Crippen molar-refractivity contribution in [3.05, 3.63) is 0 Å². The molecule has 3 atom stereocenters. The number of nitrogens with one attached hydrogen (secondary N) is 1. The predicted octanol–water partition coefficient (Wildman–Crippen LogP) is 1.73. The summed E-state index contributed by atoms with van der Waals surface area (Å²) in [5, 5.41) is 3.59. The summed E-state index contributed by atoms with van der Waals surface area (Å²) in [5.74, 6) is 0.763. The highest BCUT2D eigenvalue weighted by Crippen LogP contribution is 2.19. The fourth-order valence-corrected chi connectivity index (χ4v) is 2.61. The first kappa shape index (κ1) is 13.9. The van der Waals surface area contributed by atoms with Crippen molar-refractivity contribution in [1.29, 1.82) is 0 Å². The maximum Gasteiger partial charge on any atom is 0.0477 e. The van der Waals surface area contributed by atoms with Crippen LogP contribution in [0.3, 0.4) is 0 Å². The number of ether oxygens (including phenoxy) is 1. The molecular formula is C13H28N2O. The van der Waals surface area contributed by atoms with Crippen molar-refractivity contribution >= 4 is 0 Å². The Kier molecular flexibility index (Phi) is 6.32. The fraction of sp³-hybridized carbons (Fsp3) is 1.00. The Morgan fingerprint density at radius 2 is 2.25 bits per heavy atom. The molecule has 96 valence electrons. The molecule has 0 saturated carbocycles. The van der Waals surface area contributed by atoms with Crippen molar-refractivity contribution in [2.45, 2.75) is 45.7 Å². The molecule has 3 heteroatoms. The zero-order valence-corrected chi connectivity index (χ0v) is 11.3. The van der Waals surface area contributed by atoms with Crippen LogP contribution in [0, 0.1) is 5.92 Å². The minimum absolute atomic E-state index is 0.657. The van der Waals surface area contributed by atoms with E-state index in [0.717, 1.165) is 31.5 Å². The molecule has 1 saturated heterocycles. The highest BCUT2D eigenvalue weighted by atomic mass is 16.5. The molecule has 0 aliphatic carbocycles. The van der Waals surface area contributed by atoms with Crippen LogP contribution in [0.5, 0.6) is 0 Å². The lowest BCUT2D eigenvalue weighted by Gasteiger charge is -2.40. The second-order valence-electron chi connectivity index (χ2n) is 5.06. The fourth-order valence-electron chi connectivity index (χ4n) is 2.61. The van der Waals surface area contributed by atoms with Crippen molar-refractivity contribution in [3.8, 4) is 0 Å². The summed E-state index contributed by atoms with van der Waals surface area (Å²) in [6.45, 7) is 11.3. The van der Waals surface area contributed by atoms with Crippen molar-refractivity contribution in [2.24, 2.45) is 5.92 Å². The Balaban J connectivity index is 2.32. The summed E-state index contributed by atoms with van der Waals surface area (Å²) in [7, 11) is 1.78. The number of nitrogens with zero attached hydrogens (tertiary/aromatic N) is 1. The van der Waals surface area contributed by atoms with E-state index in [1.54, 1.807) is 7.11 Å². The van der Waals surface area contributed by atoms with Gasteiger partial charge >= 0.3 is 0 Å². The molecule has 3 nitrogen and oxygen atoms in total. The third-order valence-electron chi connectivity index (χ3n) is 3.77. The molecule has 1 fully saturated rings. The summed E-state index contributed by atoms with van der Waals surface area (Å²) < 4.78 is 5.15. The van der Waals surface area contributed by atoms with Gasteiger partial charge in [-0.1, -0.05) is 13.8 Å². The van der Waals surface area contributed by atoms with Gasteiger partial charge in [-0.25, -0.2) is 0 Å². The van der Waals surface area contributed by atoms with Gasteiger partial charge in [0.25, 0.3) is 0 Å². The van der Waals surface area contributed by atoms with Gasteiger partial charge in [0.15, 0.2) is 0 Å². The van der Waals surface area contributed by atoms with Gasteiger partial charge in [-0.3, -0.25) is 0 Å². The maximum atomic E-state index is 5.15. The standard InChI is InChI=1S/C13H28N2O/c1-5-14-13-6-8-15(10-11(13)2)12(3)7-9-16-4/h11-14H,5-10H2,1-4H3. The van der Waals surface area contributed by atoms with E-state index in [1.165, 1.54) is 19.5 Å². The zero-order valence-electron chi connectivity index (χ0n) is 11.3. The second-order valence-corrected chi connectivity index (χ2v) is 5.06. The van der Waals surface area contributed by atoms with Gasteiger partial charge in [0.2, 0.25) is 0 Å². The predicted molar refractivity (Wildman–Crippen MR) is 68.8 cm³/mol. The van der Waals surface area contributed by atoms with Crippen LogP contribution in [-0.4, -0.2) is 50.3 Å². The lowest BCUT2D eigenvalue weighted by atomic mass is 9.92. The van der Waals surface area contributed by atoms with Gasteiger partial charge in [0, 0.05) is 32.3 Å². The van der Waals surface area contributed by atoms with Crippen LogP contribution in [0.15, 0.2) is 0 Å². The Morgan fingerprint density at radius 3 is 2.81 bits per heavy atom. The molecule has 1 aliphatic rings. The molecule has 0 bridgehead atoms. The van der Waals surface area contributed by atoms with Crippen LogP contribution in [0.1, 0.15) is 33.6 Å². The number of methoxy groups -OCH3 is 1. The number of rotatable bonds is 6. The number of piperidine rings is 1. The third-order valence-corrected chi connectivity index (χ3v) is 3.77. The largest absolute Gasteiger partial charge is 0.385 e. The highest BCUT2D eigenvalue weighted by Gasteiger charge is 2.27. The van der Waals surface area contributed by atoms with Crippen LogP contribution >= 0.6 is 0 Å². The Hall–Kier alpha value is -0.120. The zero-order chi connectivity index (χ0) is 12.0. The highest BCUT2D eigenvalue weighted by molar-refractivity contribution is 4.84. The molecule has 1 N–H and O–H groups in total. The molecule has 0 aromatic carbocycles. The molecule has 0 spiro atoms. The normalized spacial score (nSPS) is 29.2. The smallest absolute Gasteiger partial charge is 0.0477 e.